The van der Waals surface area contributed by atoms with E-state index in [2.05, 4.69) is 18.7 Å². The van der Waals surface area contributed by atoms with Crippen molar-refractivity contribution in [3.8, 4) is 0 Å². The van der Waals surface area contributed by atoms with Crippen LogP contribution in [0.5, 0.6) is 0 Å². The van der Waals surface area contributed by atoms with E-state index in [4.69, 9.17) is 5.73 Å². The highest BCUT2D eigenvalue weighted by Gasteiger charge is 2.23. The van der Waals surface area contributed by atoms with Crippen LogP contribution in [0.4, 0.5) is 10.1 Å². The number of nitrogen functional groups attached to an aromatic ring is 1. The van der Waals surface area contributed by atoms with Gasteiger partial charge in [-0.15, -0.1) is 0 Å². The molecule has 1 heterocycles. The molecule has 2 nitrogen and oxygen atoms in total. The van der Waals surface area contributed by atoms with Crippen molar-refractivity contribution in [2.45, 2.75) is 39.3 Å². The first-order chi connectivity index (χ1) is 8.08. The van der Waals surface area contributed by atoms with Crippen molar-refractivity contribution in [1.82, 2.24) is 4.90 Å². The molecule has 2 atom stereocenters. The summed E-state index contributed by atoms with van der Waals surface area (Å²) in [5.41, 5.74) is 6.99. The summed E-state index contributed by atoms with van der Waals surface area (Å²) in [5.74, 6) is 0.418. The van der Waals surface area contributed by atoms with Crippen LogP contribution in [0.2, 0.25) is 0 Å². The Morgan fingerprint density at radius 2 is 2.12 bits per heavy atom. The van der Waals surface area contributed by atoms with Gasteiger partial charge in [0.1, 0.15) is 5.82 Å². The van der Waals surface area contributed by atoms with Gasteiger partial charge in [0.2, 0.25) is 0 Å². The predicted molar refractivity (Wildman–Crippen MR) is 69.1 cm³/mol. The zero-order chi connectivity index (χ0) is 12.4. The molecular weight excluding hydrogens is 215 g/mol. The summed E-state index contributed by atoms with van der Waals surface area (Å²) in [5, 5.41) is 0. The summed E-state index contributed by atoms with van der Waals surface area (Å²) in [7, 11) is 0. The van der Waals surface area contributed by atoms with Crippen LogP contribution >= 0.6 is 0 Å². The second-order valence-electron chi connectivity index (χ2n) is 5.27. The fourth-order valence-corrected chi connectivity index (χ4v) is 2.54. The summed E-state index contributed by atoms with van der Waals surface area (Å²) in [6.07, 6.45) is 2.51. The molecule has 2 rings (SSSR count). The number of piperidine rings is 1. The molecule has 17 heavy (non-hydrogen) atoms. The number of likely N-dealkylation sites (tertiary alicyclic amines) is 1. The minimum Gasteiger partial charge on any atom is -0.396 e. The Morgan fingerprint density at radius 3 is 2.88 bits per heavy atom. The van der Waals surface area contributed by atoms with Gasteiger partial charge < -0.3 is 5.73 Å². The Bertz CT molecular complexity index is 392. The lowest BCUT2D eigenvalue weighted by atomic mass is 9.94. The number of hydrogen-bond acceptors (Lipinski definition) is 2. The molecule has 0 saturated carbocycles. The predicted octanol–water partition coefficient (Wildman–Crippen LogP) is 3.03. The van der Waals surface area contributed by atoms with E-state index in [1.54, 1.807) is 6.07 Å². The topological polar surface area (TPSA) is 29.3 Å². The Labute approximate surface area is 103 Å². The first-order valence-corrected chi connectivity index (χ1v) is 6.35. The number of anilines is 1. The van der Waals surface area contributed by atoms with Crippen molar-refractivity contribution >= 4 is 5.69 Å². The molecule has 0 amide bonds. The van der Waals surface area contributed by atoms with Crippen molar-refractivity contribution < 1.29 is 4.39 Å². The van der Waals surface area contributed by atoms with Crippen molar-refractivity contribution in [3.05, 3.63) is 29.6 Å². The van der Waals surface area contributed by atoms with Gasteiger partial charge in [-0.05, 0) is 37.3 Å². The van der Waals surface area contributed by atoms with Crippen molar-refractivity contribution in [2.75, 3.05) is 12.3 Å². The Hall–Kier alpha value is -1.09. The monoisotopic (exact) mass is 236 g/mol. The Balaban J connectivity index is 2.11. The number of hydrogen-bond donors (Lipinski definition) is 1. The minimum absolute atomic E-state index is 0.304. The number of benzene rings is 1. The van der Waals surface area contributed by atoms with E-state index in [1.165, 1.54) is 18.9 Å². The molecule has 0 radical (unpaired) electrons. The van der Waals surface area contributed by atoms with Crippen LogP contribution in [-0.4, -0.2) is 17.5 Å². The van der Waals surface area contributed by atoms with Gasteiger partial charge in [-0.3, -0.25) is 4.90 Å². The highest BCUT2D eigenvalue weighted by molar-refractivity contribution is 5.47. The van der Waals surface area contributed by atoms with Gasteiger partial charge in [0, 0.05) is 19.1 Å². The Morgan fingerprint density at radius 1 is 1.35 bits per heavy atom. The third kappa shape index (κ3) is 2.78. The van der Waals surface area contributed by atoms with Crippen LogP contribution in [0, 0.1) is 11.7 Å². The second-order valence-corrected chi connectivity index (χ2v) is 5.27. The maximum Gasteiger partial charge on any atom is 0.146 e. The molecular formula is C14H21FN2. The molecule has 1 aromatic carbocycles. The van der Waals surface area contributed by atoms with Gasteiger partial charge in [-0.25, -0.2) is 4.39 Å². The number of nitrogens with two attached hydrogens (primary N) is 1. The van der Waals surface area contributed by atoms with E-state index in [0.29, 0.717) is 11.7 Å². The second kappa shape index (κ2) is 5.05. The Kier molecular flexibility index (Phi) is 3.67. The summed E-state index contributed by atoms with van der Waals surface area (Å²) in [4.78, 5) is 2.40. The van der Waals surface area contributed by atoms with Crippen LogP contribution in [0.1, 0.15) is 32.3 Å². The quantitative estimate of drug-likeness (QED) is 0.800. The van der Waals surface area contributed by atoms with E-state index in [1.807, 2.05) is 6.07 Å². The van der Waals surface area contributed by atoms with Crippen LogP contribution in [0.15, 0.2) is 18.2 Å². The van der Waals surface area contributed by atoms with Gasteiger partial charge >= 0.3 is 0 Å². The van der Waals surface area contributed by atoms with E-state index < -0.39 is 0 Å². The normalized spacial score (nSPS) is 26.1. The molecule has 0 spiro atoms. The molecule has 1 saturated heterocycles. The molecule has 1 aromatic rings. The lowest BCUT2D eigenvalue weighted by molar-refractivity contribution is 0.117. The van der Waals surface area contributed by atoms with Crippen molar-refractivity contribution in [3.63, 3.8) is 0 Å². The van der Waals surface area contributed by atoms with Gasteiger partial charge in [0.15, 0.2) is 0 Å². The third-order valence-electron chi connectivity index (χ3n) is 3.76. The molecule has 1 aliphatic heterocycles. The lowest BCUT2D eigenvalue weighted by Gasteiger charge is -2.37. The van der Waals surface area contributed by atoms with Gasteiger partial charge in [-0.2, -0.15) is 0 Å². The molecule has 0 bridgehead atoms. The first-order valence-electron chi connectivity index (χ1n) is 6.35. The minimum atomic E-state index is -0.305. The largest absolute Gasteiger partial charge is 0.396 e. The molecule has 1 aliphatic rings. The SMILES string of the molecule is CC1CCC(C)N(Cc2cccc(F)c2N)C1. The van der Waals surface area contributed by atoms with Crippen LogP contribution in [0.3, 0.4) is 0 Å². The van der Waals surface area contributed by atoms with E-state index in [0.717, 1.165) is 24.6 Å². The number of para-hydroxylation sites is 1. The average Bonchev–Trinajstić information content (AvgIpc) is 2.30. The number of halogens is 1. The number of rotatable bonds is 2. The van der Waals surface area contributed by atoms with E-state index in [-0.39, 0.29) is 5.82 Å². The summed E-state index contributed by atoms with van der Waals surface area (Å²) >= 11 is 0. The van der Waals surface area contributed by atoms with Crippen LogP contribution in [0.25, 0.3) is 0 Å². The zero-order valence-electron chi connectivity index (χ0n) is 10.6. The smallest absolute Gasteiger partial charge is 0.146 e. The van der Waals surface area contributed by atoms with Gasteiger partial charge in [-0.1, -0.05) is 19.1 Å². The molecule has 2 unspecified atom stereocenters. The average molecular weight is 236 g/mol. The van der Waals surface area contributed by atoms with Crippen LogP contribution < -0.4 is 5.73 Å². The fourth-order valence-electron chi connectivity index (χ4n) is 2.54. The van der Waals surface area contributed by atoms with E-state index in [9.17, 15) is 4.39 Å². The summed E-state index contributed by atoms with van der Waals surface area (Å²) < 4.78 is 13.4. The highest BCUT2D eigenvalue weighted by atomic mass is 19.1. The third-order valence-corrected chi connectivity index (χ3v) is 3.76. The van der Waals surface area contributed by atoms with Crippen molar-refractivity contribution in [2.24, 2.45) is 5.92 Å². The van der Waals surface area contributed by atoms with E-state index >= 15 is 0 Å². The van der Waals surface area contributed by atoms with Gasteiger partial charge in [0.25, 0.3) is 0 Å². The summed E-state index contributed by atoms with van der Waals surface area (Å²) in [6, 6.07) is 5.64. The molecule has 3 heteroatoms. The zero-order valence-corrected chi connectivity index (χ0v) is 10.6. The first kappa shape index (κ1) is 12.4. The standard InChI is InChI=1S/C14H21FN2/c1-10-6-7-11(2)17(8-10)9-12-4-3-5-13(15)14(12)16/h3-5,10-11H,6-9,16H2,1-2H3. The molecule has 94 valence electrons. The van der Waals surface area contributed by atoms with Gasteiger partial charge in [0.05, 0.1) is 5.69 Å². The molecule has 0 aliphatic carbocycles. The van der Waals surface area contributed by atoms with Crippen molar-refractivity contribution in [1.29, 1.82) is 0 Å². The maximum absolute atomic E-state index is 13.4. The summed E-state index contributed by atoms with van der Waals surface area (Å²) in [6.45, 7) is 6.35. The molecule has 0 aromatic heterocycles. The molecule has 2 N–H and O–H groups in total. The fraction of sp³-hybridized carbons (Fsp3) is 0.571. The lowest BCUT2D eigenvalue weighted by Crippen LogP contribution is -2.40. The maximum atomic E-state index is 13.4. The number of nitrogens with zero attached hydrogens (tertiary/aromatic N) is 1. The highest BCUT2D eigenvalue weighted by Crippen LogP contribution is 2.25. The van der Waals surface area contributed by atoms with Crippen LogP contribution in [-0.2, 0) is 6.54 Å². The molecule has 1 fully saturated rings.